The van der Waals surface area contributed by atoms with Crippen LogP contribution in [0.4, 0.5) is 0 Å². The molecular weight excluding hydrogens is 318 g/mol. The Morgan fingerprint density at radius 1 is 0.920 bits per heavy atom. The molecule has 0 aromatic rings. The minimum absolute atomic E-state index is 0.192. The number of hydrogen-bond donors (Lipinski definition) is 2. The average Bonchev–Trinajstić information content (AvgIpc) is 2.55. The SMILES string of the molecule is C=CCON(CCOC(C)CNCCNCCN(C)C)CCN(C)C. The van der Waals surface area contributed by atoms with Crippen molar-refractivity contribution in [3.8, 4) is 0 Å². The van der Waals surface area contributed by atoms with Crippen molar-refractivity contribution >= 4 is 0 Å². The fourth-order valence-corrected chi connectivity index (χ4v) is 2.03. The van der Waals surface area contributed by atoms with Gasteiger partial charge in [0.15, 0.2) is 0 Å². The van der Waals surface area contributed by atoms with Crippen LogP contribution in [0.3, 0.4) is 0 Å². The first kappa shape index (κ1) is 24.5. The second-order valence-electron chi connectivity index (χ2n) is 6.76. The van der Waals surface area contributed by atoms with Crippen LogP contribution in [0.2, 0.25) is 0 Å². The van der Waals surface area contributed by atoms with E-state index in [1.807, 2.05) is 5.06 Å². The van der Waals surface area contributed by atoms with Crippen LogP contribution in [0.15, 0.2) is 12.7 Å². The van der Waals surface area contributed by atoms with Gasteiger partial charge in [0.05, 0.1) is 19.3 Å². The molecule has 2 N–H and O–H groups in total. The monoisotopic (exact) mass is 359 g/mol. The highest BCUT2D eigenvalue weighted by molar-refractivity contribution is 4.64. The van der Waals surface area contributed by atoms with Crippen molar-refractivity contribution in [2.75, 3.05) is 93.8 Å². The minimum Gasteiger partial charge on any atom is -0.376 e. The number of rotatable bonds is 18. The smallest absolute Gasteiger partial charge is 0.0864 e. The van der Waals surface area contributed by atoms with Gasteiger partial charge in [-0.15, -0.1) is 6.58 Å². The normalized spacial score (nSPS) is 13.1. The summed E-state index contributed by atoms with van der Waals surface area (Å²) in [5.74, 6) is 0. The van der Waals surface area contributed by atoms with Crippen LogP contribution in [-0.2, 0) is 9.57 Å². The fraction of sp³-hybridized carbons (Fsp3) is 0.889. The first-order chi connectivity index (χ1) is 12.0. The van der Waals surface area contributed by atoms with E-state index in [1.165, 1.54) is 0 Å². The molecule has 7 nitrogen and oxygen atoms in total. The molecule has 0 aromatic carbocycles. The summed E-state index contributed by atoms with van der Waals surface area (Å²) in [4.78, 5) is 9.98. The van der Waals surface area contributed by atoms with Crippen LogP contribution < -0.4 is 10.6 Å². The topological polar surface area (TPSA) is 52.2 Å². The summed E-state index contributed by atoms with van der Waals surface area (Å²) >= 11 is 0. The van der Waals surface area contributed by atoms with E-state index in [-0.39, 0.29) is 6.10 Å². The Bertz CT molecular complexity index is 303. The number of likely N-dealkylation sites (N-methyl/N-ethyl adjacent to an activating group) is 2. The molecule has 0 saturated carbocycles. The summed E-state index contributed by atoms with van der Waals surface area (Å²) in [5.41, 5.74) is 0. The summed E-state index contributed by atoms with van der Waals surface area (Å²) in [7, 11) is 8.29. The van der Waals surface area contributed by atoms with Gasteiger partial charge in [0.1, 0.15) is 0 Å². The number of hydrogen-bond acceptors (Lipinski definition) is 7. The fourth-order valence-electron chi connectivity index (χ4n) is 2.03. The van der Waals surface area contributed by atoms with E-state index in [0.29, 0.717) is 13.2 Å². The lowest BCUT2D eigenvalue weighted by molar-refractivity contribution is -0.160. The maximum Gasteiger partial charge on any atom is 0.0864 e. The average molecular weight is 360 g/mol. The molecule has 0 radical (unpaired) electrons. The Morgan fingerprint density at radius 3 is 2.24 bits per heavy atom. The number of ether oxygens (including phenoxy) is 1. The molecule has 1 atom stereocenters. The molecule has 0 rings (SSSR count). The van der Waals surface area contributed by atoms with Gasteiger partial charge >= 0.3 is 0 Å². The number of hydroxylamine groups is 2. The third-order valence-corrected chi connectivity index (χ3v) is 3.56. The lowest BCUT2D eigenvalue weighted by Gasteiger charge is -2.24. The van der Waals surface area contributed by atoms with E-state index in [4.69, 9.17) is 9.57 Å². The first-order valence-corrected chi connectivity index (χ1v) is 9.27. The van der Waals surface area contributed by atoms with Crippen molar-refractivity contribution in [2.24, 2.45) is 0 Å². The van der Waals surface area contributed by atoms with Gasteiger partial charge in [0, 0.05) is 52.4 Å². The first-order valence-electron chi connectivity index (χ1n) is 9.27. The molecule has 0 heterocycles. The van der Waals surface area contributed by atoms with Gasteiger partial charge in [-0.05, 0) is 35.1 Å². The zero-order valence-corrected chi connectivity index (χ0v) is 17.1. The van der Waals surface area contributed by atoms with Crippen LogP contribution >= 0.6 is 0 Å². The highest BCUT2D eigenvalue weighted by Crippen LogP contribution is 1.95. The summed E-state index contributed by atoms with van der Waals surface area (Å²) < 4.78 is 5.87. The highest BCUT2D eigenvalue weighted by Gasteiger charge is 2.07. The molecular formula is C18H41N5O2. The number of nitrogens with one attached hydrogen (secondary N) is 2. The van der Waals surface area contributed by atoms with E-state index in [2.05, 4.69) is 62.1 Å². The third-order valence-electron chi connectivity index (χ3n) is 3.56. The largest absolute Gasteiger partial charge is 0.376 e. The van der Waals surface area contributed by atoms with Gasteiger partial charge in [-0.25, -0.2) is 0 Å². The minimum atomic E-state index is 0.192. The van der Waals surface area contributed by atoms with Crippen molar-refractivity contribution in [2.45, 2.75) is 13.0 Å². The molecule has 0 aliphatic rings. The molecule has 7 heteroatoms. The molecule has 0 aliphatic carbocycles. The van der Waals surface area contributed by atoms with Gasteiger partial charge in [0.2, 0.25) is 0 Å². The summed E-state index contributed by atoms with van der Waals surface area (Å²) in [6, 6.07) is 0. The van der Waals surface area contributed by atoms with E-state index < -0.39 is 0 Å². The Labute approximate surface area is 155 Å². The van der Waals surface area contributed by atoms with Crippen LogP contribution in [-0.4, -0.2) is 115 Å². The molecule has 0 aromatic heterocycles. The molecule has 0 bridgehead atoms. The van der Waals surface area contributed by atoms with E-state index >= 15 is 0 Å². The Morgan fingerprint density at radius 2 is 1.60 bits per heavy atom. The maximum absolute atomic E-state index is 5.87. The Hall–Kier alpha value is -0.540. The molecule has 0 fully saturated rings. The third kappa shape index (κ3) is 18.1. The van der Waals surface area contributed by atoms with Crippen molar-refractivity contribution in [3.63, 3.8) is 0 Å². The quantitative estimate of drug-likeness (QED) is 0.205. The predicted octanol–water partition coefficient (Wildman–Crippen LogP) is 0.114. The number of nitrogens with zero attached hydrogens (tertiary/aromatic N) is 3. The molecule has 150 valence electrons. The Balaban J connectivity index is 3.66. The molecule has 0 aliphatic heterocycles. The van der Waals surface area contributed by atoms with Crippen LogP contribution in [0.5, 0.6) is 0 Å². The van der Waals surface area contributed by atoms with Crippen LogP contribution in [0.1, 0.15) is 6.92 Å². The van der Waals surface area contributed by atoms with Crippen molar-refractivity contribution in [3.05, 3.63) is 12.7 Å². The van der Waals surface area contributed by atoms with Crippen molar-refractivity contribution in [1.29, 1.82) is 0 Å². The summed E-state index contributed by atoms with van der Waals surface area (Å²) in [6.45, 7) is 14.4. The second-order valence-corrected chi connectivity index (χ2v) is 6.76. The van der Waals surface area contributed by atoms with Crippen LogP contribution in [0.25, 0.3) is 0 Å². The maximum atomic E-state index is 5.87. The van der Waals surface area contributed by atoms with Gasteiger partial charge in [-0.1, -0.05) is 6.08 Å². The highest BCUT2D eigenvalue weighted by atomic mass is 16.7. The van der Waals surface area contributed by atoms with Gasteiger partial charge in [-0.2, -0.15) is 5.06 Å². The van der Waals surface area contributed by atoms with Gasteiger partial charge in [-0.3, -0.25) is 4.84 Å². The zero-order chi connectivity index (χ0) is 18.9. The molecule has 0 spiro atoms. The van der Waals surface area contributed by atoms with E-state index in [9.17, 15) is 0 Å². The molecule has 1 unspecified atom stereocenters. The molecule has 0 saturated heterocycles. The standard InChI is InChI=1S/C18H41N5O2/c1-7-15-25-23(13-12-22(5)6)14-16-24-18(2)17-20-9-8-19-10-11-21(3)4/h7,18-20H,1,8-17H2,2-6H3. The molecule has 0 amide bonds. The predicted molar refractivity (Wildman–Crippen MR) is 106 cm³/mol. The summed E-state index contributed by atoms with van der Waals surface area (Å²) in [6.07, 6.45) is 1.96. The van der Waals surface area contributed by atoms with E-state index in [1.54, 1.807) is 6.08 Å². The second kappa shape index (κ2) is 16.9. The Kier molecular flexibility index (Phi) is 16.5. The van der Waals surface area contributed by atoms with Crippen molar-refractivity contribution < 1.29 is 9.57 Å². The summed E-state index contributed by atoms with van der Waals surface area (Å²) in [5, 5.41) is 8.79. The zero-order valence-electron chi connectivity index (χ0n) is 17.1. The van der Waals surface area contributed by atoms with Gasteiger partial charge < -0.3 is 25.2 Å². The van der Waals surface area contributed by atoms with E-state index in [0.717, 1.165) is 52.4 Å². The van der Waals surface area contributed by atoms with Crippen LogP contribution in [0, 0.1) is 0 Å². The lowest BCUT2D eigenvalue weighted by atomic mass is 10.4. The van der Waals surface area contributed by atoms with Crippen molar-refractivity contribution in [1.82, 2.24) is 25.5 Å². The van der Waals surface area contributed by atoms with Gasteiger partial charge in [0.25, 0.3) is 0 Å². The lowest BCUT2D eigenvalue weighted by Crippen LogP contribution is -2.37. The molecule has 25 heavy (non-hydrogen) atoms.